The van der Waals surface area contributed by atoms with Crippen LogP contribution in [0, 0.1) is 0 Å². The van der Waals surface area contributed by atoms with E-state index in [1.807, 2.05) is 0 Å². The lowest BCUT2D eigenvalue weighted by Crippen LogP contribution is -2.94. The number of hydrogen-bond donors (Lipinski definition) is 1. The van der Waals surface area contributed by atoms with Crippen molar-refractivity contribution in [2.75, 3.05) is 11.5 Å². The van der Waals surface area contributed by atoms with Crippen LogP contribution in [-0.2, 0) is 9.84 Å². The molecule has 0 aromatic carbocycles. The minimum absolute atomic E-state index is 0.324. The Labute approximate surface area is 74.5 Å². The van der Waals surface area contributed by atoms with Gasteiger partial charge in [-0.3, -0.25) is 0 Å². The maximum atomic E-state index is 11.1. The molecule has 1 aliphatic heterocycles. The molecule has 72 valence electrons. The summed E-state index contributed by atoms with van der Waals surface area (Å²) in [7, 11) is -2.68. The van der Waals surface area contributed by atoms with Crippen LogP contribution in [0.4, 0.5) is 0 Å². The first kappa shape index (κ1) is 9.99. The molecule has 12 heavy (non-hydrogen) atoms. The smallest absolute Gasteiger partial charge is 0.156 e. The number of sulfone groups is 1. The zero-order chi connectivity index (χ0) is 9.19. The van der Waals surface area contributed by atoms with Gasteiger partial charge in [0, 0.05) is 6.42 Å². The van der Waals surface area contributed by atoms with E-state index in [0.29, 0.717) is 23.6 Å². The number of nitrogens with two attached hydrogens (primary N) is 1. The maximum absolute atomic E-state index is 11.1. The zero-order valence-electron chi connectivity index (χ0n) is 7.79. The van der Waals surface area contributed by atoms with Crippen molar-refractivity contribution in [1.29, 1.82) is 0 Å². The fourth-order valence-electron chi connectivity index (χ4n) is 1.58. The molecule has 0 spiro atoms. The van der Waals surface area contributed by atoms with E-state index >= 15 is 0 Å². The zero-order valence-corrected chi connectivity index (χ0v) is 8.60. The van der Waals surface area contributed by atoms with Crippen LogP contribution >= 0.6 is 0 Å². The van der Waals surface area contributed by atoms with Gasteiger partial charge < -0.3 is 5.32 Å². The Bertz CT molecular complexity index is 235. The summed E-state index contributed by atoms with van der Waals surface area (Å²) in [4.78, 5) is 0. The Kier molecular flexibility index (Phi) is 3.12. The molecule has 0 bridgehead atoms. The van der Waals surface area contributed by atoms with Gasteiger partial charge in [0.15, 0.2) is 9.84 Å². The van der Waals surface area contributed by atoms with E-state index in [0.717, 1.165) is 12.8 Å². The molecule has 0 unspecified atom stereocenters. The Morgan fingerprint density at radius 3 is 2.67 bits per heavy atom. The first-order valence-corrected chi connectivity index (χ1v) is 6.41. The Balaban J connectivity index is 2.38. The summed E-state index contributed by atoms with van der Waals surface area (Å²) in [5, 5.41) is 2.20. The molecular formula is C8H18NO2S+. The number of hydrogen-bond acceptors (Lipinski definition) is 2. The SMILES string of the molecule is CC[C@H](C)[NH2+][C@@H]1CCS(=O)(=O)C1. The van der Waals surface area contributed by atoms with Crippen LogP contribution in [0.15, 0.2) is 0 Å². The van der Waals surface area contributed by atoms with Crippen molar-refractivity contribution in [1.82, 2.24) is 0 Å². The van der Waals surface area contributed by atoms with E-state index < -0.39 is 9.84 Å². The molecule has 4 heteroatoms. The third-order valence-corrected chi connectivity index (χ3v) is 4.31. The molecule has 0 aromatic rings. The average molecular weight is 192 g/mol. The number of rotatable bonds is 3. The molecule has 1 fully saturated rings. The van der Waals surface area contributed by atoms with E-state index in [2.05, 4.69) is 19.2 Å². The maximum Gasteiger partial charge on any atom is 0.156 e. The first-order chi connectivity index (χ1) is 5.53. The van der Waals surface area contributed by atoms with Crippen molar-refractivity contribution in [3.8, 4) is 0 Å². The van der Waals surface area contributed by atoms with E-state index in [9.17, 15) is 8.42 Å². The largest absolute Gasteiger partial charge is 0.341 e. The second-order valence-electron chi connectivity index (χ2n) is 3.74. The van der Waals surface area contributed by atoms with Crippen LogP contribution in [0.25, 0.3) is 0 Å². The summed E-state index contributed by atoms with van der Waals surface area (Å²) in [6, 6.07) is 0.883. The third kappa shape index (κ3) is 2.75. The second kappa shape index (κ2) is 3.75. The van der Waals surface area contributed by atoms with Crippen molar-refractivity contribution < 1.29 is 13.7 Å². The Morgan fingerprint density at radius 1 is 1.58 bits per heavy atom. The lowest BCUT2D eigenvalue weighted by atomic mass is 10.2. The molecule has 0 amide bonds. The van der Waals surface area contributed by atoms with Gasteiger partial charge in [0.05, 0.1) is 11.8 Å². The van der Waals surface area contributed by atoms with Crippen molar-refractivity contribution in [2.45, 2.75) is 38.8 Å². The van der Waals surface area contributed by atoms with Gasteiger partial charge >= 0.3 is 0 Å². The van der Waals surface area contributed by atoms with Gasteiger partial charge in [0.25, 0.3) is 0 Å². The predicted molar refractivity (Wildman–Crippen MR) is 48.7 cm³/mol. The van der Waals surface area contributed by atoms with Gasteiger partial charge in [-0.2, -0.15) is 0 Å². The fourth-order valence-corrected chi connectivity index (χ4v) is 3.33. The van der Waals surface area contributed by atoms with Gasteiger partial charge in [-0.15, -0.1) is 0 Å². The normalized spacial score (nSPS) is 30.3. The summed E-state index contributed by atoms with van der Waals surface area (Å²) >= 11 is 0. The molecular weight excluding hydrogens is 174 g/mol. The van der Waals surface area contributed by atoms with E-state index in [4.69, 9.17) is 0 Å². The van der Waals surface area contributed by atoms with Crippen LogP contribution in [-0.4, -0.2) is 32.0 Å². The lowest BCUT2D eigenvalue weighted by Gasteiger charge is -2.12. The molecule has 0 aromatic heterocycles. The summed E-state index contributed by atoms with van der Waals surface area (Å²) in [5.74, 6) is 0.780. The van der Waals surface area contributed by atoms with Crippen LogP contribution in [0.2, 0.25) is 0 Å². The van der Waals surface area contributed by atoms with Gasteiger partial charge in [-0.05, 0) is 13.3 Å². The monoisotopic (exact) mass is 192 g/mol. The van der Waals surface area contributed by atoms with Crippen molar-refractivity contribution in [3.05, 3.63) is 0 Å². The highest BCUT2D eigenvalue weighted by Crippen LogP contribution is 2.08. The molecule has 1 aliphatic rings. The quantitative estimate of drug-likeness (QED) is 0.657. The predicted octanol–water partition coefficient (Wildman–Crippen LogP) is -0.465. The van der Waals surface area contributed by atoms with E-state index in [1.54, 1.807) is 0 Å². The van der Waals surface area contributed by atoms with Gasteiger partial charge in [0.1, 0.15) is 11.8 Å². The van der Waals surface area contributed by atoms with Crippen LogP contribution in [0.1, 0.15) is 26.7 Å². The van der Waals surface area contributed by atoms with Crippen LogP contribution < -0.4 is 5.32 Å². The lowest BCUT2D eigenvalue weighted by molar-refractivity contribution is -0.714. The minimum atomic E-state index is -2.68. The molecule has 2 N–H and O–H groups in total. The van der Waals surface area contributed by atoms with Crippen molar-refractivity contribution in [3.63, 3.8) is 0 Å². The summed E-state index contributed by atoms with van der Waals surface area (Å²) in [6.07, 6.45) is 1.95. The Morgan fingerprint density at radius 2 is 2.25 bits per heavy atom. The fraction of sp³-hybridized carbons (Fsp3) is 1.00. The molecule has 3 nitrogen and oxygen atoms in total. The standard InChI is InChI=1S/C8H17NO2S/c1-3-7(2)9-8-4-5-12(10,11)6-8/h7-9H,3-6H2,1-2H3/p+1/t7-,8+/m0/s1. The average Bonchev–Trinajstić information content (AvgIpc) is 2.30. The molecule has 0 saturated carbocycles. The van der Waals surface area contributed by atoms with Gasteiger partial charge in [0.2, 0.25) is 0 Å². The highest BCUT2D eigenvalue weighted by molar-refractivity contribution is 7.91. The molecule has 0 radical (unpaired) electrons. The van der Waals surface area contributed by atoms with Crippen LogP contribution in [0.3, 0.4) is 0 Å². The molecule has 0 aliphatic carbocycles. The summed E-state index contributed by atoms with van der Waals surface area (Å²) in [5.41, 5.74) is 0. The van der Waals surface area contributed by atoms with E-state index in [-0.39, 0.29) is 0 Å². The topological polar surface area (TPSA) is 50.8 Å². The van der Waals surface area contributed by atoms with Crippen molar-refractivity contribution in [2.24, 2.45) is 0 Å². The Hall–Kier alpha value is -0.0900. The first-order valence-electron chi connectivity index (χ1n) is 4.59. The van der Waals surface area contributed by atoms with Crippen LogP contribution in [0.5, 0.6) is 0 Å². The second-order valence-corrected chi connectivity index (χ2v) is 5.97. The van der Waals surface area contributed by atoms with Crippen molar-refractivity contribution >= 4 is 9.84 Å². The molecule has 1 saturated heterocycles. The highest BCUT2D eigenvalue weighted by Gasteiger charge is 2.31. The van der Waals surface area contributed by atoms with Gasteiger partial charge in [-0.25, -0.2) is 8.42 Å². The highest BCUT2D eigenvalue weighted by atomic mass is 32.2. The molecule has 2 atom stereocenters. The molecule has 1 rings (SSSR count). The van der Waals surface area contributed by atoms with E-state index in [1.165, 1.54) is 0 Å². The molecule has 1 heterocycles. The number of quaternary nitrogens is 1. The summed E-state index contributed by atoms with van der Waals surface area (Å²) < 4.78 is 22.2. The minimum Gasteiger partial charge on any atom is -0.341 e. The third-order valence-electron chi connectivity index (χ3n) is 2.51. The van der Waals surface area contributed by atoms with Gasteiger partial charge in [-0.1, -0.05) is 6.92 Å². The summed E-state index contributed by atoms with van der Waals surface area (Å²) in [6.45, 7) is 4.27.